The zero-order valence-electron chi connectivity index (χ0n) is 11.3. The molecule has 1 aliphatic heterocycles. The van der Waals surface area contributed by atoms with Crippen LogP contribution in [0.25, 0.3) is 0 Å². The fourth-order valence-corrected chi connectivity index (χ4v) is 3.61. The van der Waals surface area contributed by atoms with Crippen molar-refractivity contribution in [1.82, 2.24) is 9.88 Å². The van der Waals surface area contributed by atoms with Crippen molar-refractivity contribution < 1.29 is 5.11 Å². The van der Waals surface area contributed by atoms with Gasteiger partial charge in [0.2, 0.25) is 0 Å². The molecule has 2 aliphatic rings. The number of nitrogens with zero attached hydrogens (tertiary/aromatic N) is 2. The zero-order valence-corrected chi connectivity index (χ0v) is 11.3. The average Bonchev–Trinajstić information content (AvgIpc) is 2.79. The Morgan fingerprint density at radius 3 is 3.11 bits per heavy atom. The Balaban J connectivity index is 1.88. The highest BCUT2D eigenvalue weighted by atomic mass is 16.3. The molecule has 1 aromatic rings. The van der Waals surface area contributed by atoms with Crippen LogP contribution in [0.15, 0.2) is 18.3 Å². The van der Waals surface area contributed by atoms with Crippen molar-refractivity contribution in [2.24, 2.45) is 0 Å². The normalized spacial score (nSPS) is 36.6. The van der Waals surface area contributed by atoms with Crippen LogP contribution in [0.3, 0.4) is 0 Å². The van der Waals surface area contributed by atoms with Crippen molar-refractivity contribution in [3.05, 3.63) is 29.6 Å². The molecule has 1 aliphatic carbocycles. The predicted octanol–water partition coefficient (Wildman–Crippen LogP) is 1.96. The third-order valence-electron chi connectivity index (χ3n) is 4.91. The largest absolute Gasteiger partial charge is 0.389 e. The summed E-state index contributed by atoms with van der Waals surface area (Å²) >= 11 is 0. The van der Waals surface area contributed by atoms with E-state index < -0.39 is 5.60 Å². The van der Waals surface area contributed by atoms with Gasteiger partial charge in [-0.1, -0.05) is 6.07 Å². The van der Waals surface area contributed by atoms with Gasteiger partial charge in [-0.15, -0.1) is 0 Å². The van der Waals surface area contributed by atoms with Gasteiger partial charge in [0.1, 0.15) is 0 Å². The molecule has 1 fully saturated rings. The molecule has 1 N–H and O–H groups in total. The summed E-state index contributed by atoms with van der Waals surface area (Å²) in [6.07, 6.45) is 5.72. The van der Waals surface area contributed by atoms with E-state index in [4.69, 9.17) is 0 Å². The molecule has 3 heteroatoms. The van der Waals surface area contributed by atoms with Crippen molar-refractivity contribution in [2.75, 3.05) is 13.6 Å². The molecule has 1 saturated heterocycles. The fraction of sp³-hybridized carbons (Fsp3) is 0.667. The molecule has 0 bridgehead atoms. The van der Waals surface area contributed by atoms with Gasteiger partial charge in [-0.25, -0.2) is 0 Å². The van der Waals surface area contributed by atoms with Crippen molar-refractivity contribution >= 4 is 0 Å². The van der Waals surface area contributed by atoms with E-state index in [1.807, 2.05) is 12.3 Å². The van der Waals surface area contributed by atoms with Crippen LogP contribution in [-0.2, 0) is 6.42 Å². The van der Waals surface area contributed by atoms with Gasteiger partial charge in [0.05, 0.1) is 5.60 Å². The first-order valence-electron chi connectivity index (χ1n) is 6.96. The van der Waals surface area contributed by atoms with E-state index in [0.717, 1.165) is 37.9 Å². The average molecular weight is 246 g/mol. The second-order valence-electron chi connectivity index (χ2n) is 6.03. The van der Waals surface area contributed by atoms with Gasteiger partial charge in [-0.2, -0.15) is 0 Å². The molecule has 3 atom stereocenters. The quantitative estimate of drug-likeness (QED) is 0.823. The Morgan fingerprint density at radius 1 is 1.50 bits per heavy atom. The molecule has 2 heterocycles. The Bertz CT molecular complexity index is 448. The van der Waals surface area contributed by atoms with E-state index in [1.165, 1.54) is 5.56 Å². The van der Waals surface area contributed by atoms with E-state index in [1.54, 1.807) is 0 Å². The first-order chi connectivity index (χ1) is 8.60. The number of pyridine rings is 1. The Hall–Kier alpha value is -0.930. The minimum absolute atomic E-state index is 0.241. The van der Waals surface area contributed by atoms with Crippen LogP contribution in [0.1, 0.15) is 43.4 Å². The molecule has 18 heavy (non-hydrogen) atoms. The summed E-state index contributed by atoms with van der Waals surface area (Å²) in [7, 11) is 2.14. The molecule has 3 rings (SSSR count). The van der Waals surface area contributed by atoms with Gasteiger partial charge < -0.3 is 10.0 Å². The minimum atomic E-state index is -0.550. The molecule has 0 saturated carbocycles. The third-order valence-corrected chi connectivity index (χ3v) is 4.91. The van der Waals surface area contributed by atoms with E-state index in [9.17, 15) is 5.11 Å². The second kappa shape index (κ2) is 4.32. The fourth-order valence-electron chi connectivity index (χ4n) is 3.61. The summed E-state index contributed by atoms with van der Waals surface area (Å²) in [5, 5.41) is 11.0. The highest BCUT2D eigenvalue weighted by molar-refractivity contribution is 5.31. The molecule has 0 radical (unpaired) electrons. The highest BCUT2D eigenvalue weighted by Crippen LogP contribution is 2.44. The van der Waals surface area contributed by atoms with Gasteiger partial charge in [0.25, 0.3) is 0 Å². The lowest BCUT2D eigenvalue weighted by Crippen LogP contribution is -2.50. The molecule has 1 aromatic heterocycles. The van der Waals surface area contributed by atoms with Crippen LogP contribution in [0.5, 0.6) is 0 Å². The third kappa shape index (κ3) is 1.86. The lowest BCUT2D eigenvalue weighted by molar-refractivity contribution is -0.0568. The van der Waals surface area contributed by atoms with Crippen molar-refractivity contribution in [1.29, 1.82) is 0 Å². The maximum absolute atomic E-state index is 11.0. The van der Waals surface area contributed by atoms with Crippen LogP contribution in [0.2, 0.25) is 0 Å². The summed E-state index contributed by atoms with van der Waals surface area (Å²) in [4.78, 5) is 6.87. The van der Waals surface area contributed by atoms with E-state index >= 15 is 0 Å². The van der Waals surface area contributed by atoms with E-state index in [2.05, 4.69) is 29.9 Å². The van der Waals surface area contributed by atoms with E-state index in [-0.39, 0.29) is 5.92 Å². The number of aryl methyl sites for hydroxylation is 1. The Kier molecular flexibility index (Phi) is 2.91. The number of likely N-dealkylation sites (tertiary alicyclic amines) is 1. The van der Waals surface area contributed by atoms with Crippen molar-refractivity contribution in [2.45, 2.75) is 50.2 Å². The van der Waals surface area contributed by atoms with Crippen LogP contribution < -0.4 is 0 Å². The first kappa shape index (κ1) is 12.1. The number of hydrogen-bond acceptors (Lipinski definition) is 3. The number of hydrogen-bond donors (Lipinski definition) is 1. The second-order valence-corrected chi connectivity index (χ2v) is 6.03. The molecule has 0 amide bonds. The highest BCUT2D eigenvalue weighted by Gasteiger charge is 2.45. The molecule has 3 nitrogen and oxygen atoms in total. The lowest BCUT2D eigenvalue weighted by Gasteiger charge is -2.44. The standard InChI is InChI=1S/C15H22N2O/c1-11-10-15(18,7-9-17(11)2)13-6-5-12-4-3-8-16-14(12)13/h3-4,8,11,13,18H,5-7,9-10H2,1-2H3. The molecular formula is C15H22N2O. The van der Waals surface area contributed by atoms with Gasteiger partial charge in [-0.05, 0) is 51.3 Å². The first-order valence-corrected chi connectivity index (χ1v) is 6.96. The predicted molar refractivity (Wildman–Crippen MR) is 71.6 cm³/mol. The molecule has 98 valence electrons. The van der Waals surface area contributed by atoms with Crippen LogP contribution in [0, 0.1) is 0 Å². The monoisotopic (exact) mass is 246 g/mol. The maximum Gasteiger partial charge on any atom is 0.0758 e. The lowest BCUT2D eigenvalue weighted by atomic mass is 9.76. The van der Waals surface area contributed by atoms with Gasteiger partial charge in [0, 0.05) is 30.4 Å². The number of piperidine rings is 1. The SMILES string of the molecule is CC1CC(O)(C2CCc3cccnc32)CCN1C. The topological polar surface area (TPSA) is 36.4 Å². The molecule has 0 spiro atoms. The molecule has 0 aromatic carbocycles. The van der Waals surface area contributed by atoms with Gasteiger partial charge >= 0.3 is 0 Å². The number of aliphatic hydroxyl groups is 1. The van der Waals surface area contributed by atoms with Crippen LogP contribution in [0.4, 0.5) is 0 Å². The Labute approximate surface area is 109 Å². The van der Waals surface area contributed by atoms with Crippen LogP contribution >= 0.6 is 0 Å². The number of aromatic nitrogens is 1. The smallest absolute Gasteiger partial charge is 0.0758 e. The zero-order chi connectivity index (χ0) is 12.8. The summed E-state index contributed by atoms with van der Waals surface area (Å²) in [6, 6.07) is 4.61. The molecule has 3 unspecified atom stereocenters. The Morgan fingerprint density at radius 2 is 2.33 bits per heavy atom. The summed E-state index contributed by atoms with van der Waals surface area (Å²) in [5.41, 5.74) is 1.94. The summed E-state index contributed by atoms with van der Waals surface area (Å²) in [5.74, 6) is 0.241. The number of fused-ring (bicyclic) bond motifs is 1. The maximum atomic E-state index is 11.0. The van der Waals surface area contributed by atoms with Crippen LogP contribution in [-0.4, -0.2) is 40.2 Å². The summed E-state index contributed by atoms with van der Waals surface area (Å²) < 4.78 is 0. The number of rotatable bonds is 1. The van der Waals surface area contributed by atoms with Gasteiger partial charge in [0.15, 0.2) is 0 Å². The van der Waals surface area contributed by atoms with E-state index in [0.29, 0.717) is 6.04 Å². The van der Waals surface area contributed by atoms with Crippen molar-refractivity contribution in [3.63, 3.8) is 0 Å². The molecular weight excluding hydrogens is 224 g/mol. The van der Waals surface area contributed by atoms with Crippen molar-refractivity contribution in [3.8, 4) is 0 Å². The minimum Gasteiger partial charge on any atom is -0.389 e. The van der Waals surface area contributed by atoms with Gasteiger partial charge in [-0.3, -0.25) is 4.98 Å². The summed E-state index contributed by atoms with van der Waals surface area (Å²) in [6.45, 7) is 3.19.